The van der Waals surface area contributed by atoms with Crippen LogP contribution in [0.15, 0.2) is 97.1 Å². The van der Waals surface area contributed by atoms with Crippen molar-refractivity contribution in [3.05, 3.63) is 165 Å². The number of para-hydroxylation sites is 1. The average Bonchev–Trinajstić information content (AvgIpc) is 3.96. The maximum atomic E-state index is 12.5. The lowest BCUT2D eigenvalue weighted by Gasteiger charge is -2.11. The van der Waals surface area contributed by atoms with Crippen LogP contribution in [-0.2, 0) is 12.6 Å². The molecule has 0 aliphatic heterocycles. The Bertz CT molecular complexity index is 2840. The number of aryl methyl sites for hydroxylation is 11. The predicted molar refractivity (Wildman–Crippen MR) is 243 cm³/mol. The zero-order valence-corrected chi connectivity index (χ0v) is 37.9. The molecule has 12 nitrogen and oxygen atoms in total. The Labute approximate surface area is 371 Å². The monoisotopic (exact) mass is 876 g/mol. The largest absolute Gasteiger partial charge is 0.506 e. The van der Waals surface area contributed by atoms with Crippen LogP contribution in [0.3, 0.4) is 0 Å². The van der Waals surface area contributed by atoms with Gasteiger partial charge in [0, 0.05) is 22.8 Å². The molecule has 0 bridgehead atoms. The first-order chi connectivity index (χ1) is 30.1. The second kappa shape index (κ2) is 19.8. The number of phenols is 4. The summed E-state index contributed by atoms with van der Waals surface area (Å²) >= 11 is 0. The minimum atomic E-state index is -4.47. The Morgan fingerprint density at radius 2 is 0.891 bits per heavy atom. The molecule has 0 saturated carbocycles. The van der Waals surface area contributed by atoms with E-state index in [4.69, 9.17) is 0 Å². The Kier molecular flexibility index (Phi) is 14.8. The van der Waals surface area contributed by atoms with Crippen LogP contribution in [0.1, 0.15) is 74.7 Å². The predicted octanol–water partition coefficient (Wildman–Crippen LogP) is 11.0. The molecule has 15 heteroatoms. The van der Waals surface area contributed by atoms with Crippen LogP contribution in [0.5, 0.6) is 23.0 Å². The zero-order chi connectivity index (χ0) is 47.2. The highest BCUT2D eigenvalue weighted by atomic mass is 19.4. The smallest absolute Gasteiger partial charge is 0.416 e. The summed E-state index contributed by atoms with van der Waals surface area (Å²) in [5.74, 6) is 0.386. The van der Waals surface area contributed by atoms with Crippen LogP contribution in [-0.4, -0.2) is 59.5 Å². The molecule has 8 aromatic rings. The van der Waals surface area contributed by atoms with Crippen LogP contribution in [0.4, 0.5) is 13.2 Å². The molecule has 0 aliphatic rings. The third-order valence-electron chi connectivity index (χ3n) is 10.0. The highest BCUT2D eigenvalue weighted by molar-refractivity contribution is 5.52. The fraction of sp³-hybridized carbons (Fsp3) is 0.265. The number of hydrogen-bond donors (Lipinski definition) is 4. The van der Waals surface area contributed by atoms with E-state index >= 15 is 0 Å². The van der Waals surface area contributed by atoms with Gasteiger partial charge in [-0.05, 0) is 165 Å². The first-order valence-corrected chi connectivity index (χ1v) is 20.5. The third kappa shape index (κ3) is 11.4. The second-order valence-electron chi connectivity index (χ2n) is 15.7. The molecule has 0 radical (unpaired) electrons. The van der Waals surface area contributed by atoms with E-state index in [0.717, 1.165) is 91.8 Å². The Balaban J connectivity index is 0.000000161. The van der Waals surface area contributed by atoms with Gasteiger partial charge in [0.2, 0.25) is 0 Å². The summed E-state index contributed by atoms with van der Waals surface area (Å²) < 4.78 is 44.1. The van der Waals surface area contributed by atoms with Gasteiger partial charge < -0.3 is 20.4 Å². The van der Waals surface area contributed by atoms with Gasteiger partial charge in [-0.2, -0.15) is 33.6 Å². The van der Waals surface area contributed by atoms with E-state index < -0.39 is 17.5 Å². The van der Waals surface area contributed by atoms with Gasteiger partial charge >= 0.3 is 6.18 Å². The van der Waals surface area contributed by atoms with Crippen molar-refractivity contribution in [2.24, 2.45) is 0 Å². The van der Waals surface area contributed by atoms with Crippen LogP contribution in [0.25, 0.3) is 22.7 Å². The summed E-state index contributed by atoms with van der Waals surface area (Å²) in [7, 11) is 0. The van der Waals surface area contributed by atoms with E-state index in [2.05, 4.69) is 27.3 Å². The number of rotatable bonds is 5. The molecule has 0 spiro atoms. The van der Waals surface area contributed by atoms with Crippen molar-refractivity contribution < 1.29 is 33.6 Å². The number of aromatic nitrogens is 8. The maximum Gasteiger partial charge on any atom is 0.416 e. The molecule has 0 unspecified atom stereocenters. The number of phenolic OH excluding ortho intramolecular Hbond substituents is 4. The molecule has 336 valence electrons. The molecular weight excluding hydrogens is 822 g/mol. The van der Waals surface area contributed by atoms with E-state index in [1.165, 1.54) is 10.7 Å². The van der Waals surface area contributed by atoms with Crippen molar-refractivity contribution in [3.8, 4) is 45.7 Å². The quantitative estimate of drug-likeness (QED) is 0.133. The molecular formula is C49H55F3N8O4. The lowest BCUT2D eigenvalue weighted by Crippen LogP contribution is -2.06. The molecule has 0 amide bonds. The van der Waals surface area contributed by atoms with E-state index in [1.54, 1.807) is 46.1 Å². The number of nitrogens with zero attached hydrogens (tertiary/aromatic N) is 8. The molecule has 4 aromatic heterocycles. The van der Waals surface area contributed by atoms with E-state index in [1.807, 2.05) is 116 Å². The third-order valence-corrected chi connectivity index (χ3v) is 10.0. The van der Waals surface area contributed by atoms with Crippen LogP contribution in [0.2, 0.25) is 0 Å². The van der Waals surface area contributed by atoms with Gasteiger partial charge in [0.1, 0.15) is 45.7 Å². The zero-order valence-electron chi connectivity index (χ0n) is 37.9. The minimum Gasteiger partial charge on any atom is -0.506 e. The lowest BCUT2D eigenvalue weighted by atomic mass is 10.1. The van der Waals surface area contributed by atoms with Gasteiger partial charge in [-0.25, -0.2) is 18.7 Å². The Morgan fingerprint density at radius 1 is 0.453 bits per heavy atom. The van der Waals surface area contributed by atoms with Crippen molar-refractivity contribution >= 4 is 0 Å². The average molecular weight is 877 g/mol. The van der Waals surface area contributed by atoms with Gasteiger partial charge in [0.15, 0.2) is 0 Å². The first kappa shape index (κ1) is 47.8. The normalized spacial score (nSPS) is 11.0. The maximum absolute atomic E-state index is 12.5. The number of hydrogen-bond acceptors (Lipinski definition) is 8. The topological polar surface area (TPSA) is 152 Å². The molecule has 0 fully saturated rings. The van der Waals surface area contributed by atoms with Crippen molar-refractivity contribution in [2.75, 3.05) is 0 Å². The molecule has 0 aliphatic carbocycles. The number of halogens is 3. The summed E-state index contributed by atoms with van der Waals surface area (Å²) in [4.78, 5) is 0. The molecule has 0 saturated heterocycles. The van der Waals surface area contributed by atoms with Crippen molar-refractivity contribution in [3.63, 3.8) is 0 Å². The molecule has 64 heavy (non-hydrogen) atoms. The van der Waals surface area contributed by atoms with Gasteiger partial charge in [-0.3, -0.25) is 0 Å². The summed E-state index contributed by atoms with van der Waals surface area (Å²) in [6.45, 7) is 21.2. The van der Waals surface area contributed by atoms with Crippen molar-refractivity contribution in [1.29, 1.82) is 0 Å². The molecule has 4 aromatic carbocycles. The molecule has 8 rings (SSSR count). The van der Waals surface area contributed by atoms with Gasteiger partial charge in [-0.15, -0.1) is 0 Å². The lowest BCUT2D eigenvalue weighted by molar-refractivity contribution is -0.137. The van der Waals surface area contributed by atoms with Gasteiger partial charge in [0.05, 0.1) is 28.3 Å². The summed E-state index contributed by atoms with van der Waals surface area (Å²) in [5, 5.41) is 56.5. The fourth-order valence-electron chi connectivity index (χ4n) is 6.96. The molecule has 0 atom stereocenters. The van der Waals surface area contributed by atoms with Crippen LogP contribution in [0, 0.1) is 69.2 Å². The van der Waals surface area contributed by atoms with Gasteiger partial charge in [-0.1, -0.05) is 31.2 Å². The van der Waals surface area contributed by atoms with Crippen molar-refractivity contribution in [1.82, 2.24) is 39.1 Å². The summed E-state index contributed by atoms with van der Waals surface area (Å²) in [6.07, 6.45) is -3.55. The molecule has 4 N–H and O–H groups in total. The Hall–Kier alpha value is -7.29. The van der Waals surface area contributed by atoms with Crippen molar-refractivity contribution in [2.45, 2.75) is 88.8 Å². The number of aromatic hydroxyl groups is 4. The van der Waals surface area contributed by atoms with E-state index in [-0.39, 0.29) is 17.2 Å². The second-order valence-corrected chi connectivity index (χ2v) is 15.7. The molecule has 4 heterocycles. The van der Waals surface area contributed by atoms with E-state index in [9.17, 15) is 33.6 Å². The van der Waals surface area contributed by atoms with Crippen LogP contribution < -0.4 is 0 Å². The number of benzene rings is 4. The van der Waals surface area contributed by atoms with Crippen LogP contribution >= 0.6 is 0 Å². The standard InChI is InChI=1S/C13H16N2O.C12H11F3N2O.2C12H14N2O/c1-4-11-5-6-12(13(16)8-11)15-10(3)7-9(2)14-15;1-7-5-8(2)17(16-7)10-4-3-9(6-11(10)18)12(13,14)15;1-8-4-5-12(15)11(6-8)14-10(3)7-9(2)13-14;1-8-5-4-6-11(12(8)15)14-10(3)7-9(2)13-14/h5-8,16H,4H2,1-3H3;3-6,18H,1-2H3;2*4-7,15H,1-3H3. The minimum absolute atomic E-state index is 0.230. The Morgan fingerprint density at radius 3 is 1.30 bits per heavy atom. The number of alkyl halides is 3. The summed E-state index contributed by atoms with van der Waals surface area (Å²) in [6, 6.07) is 27.5. The summed E-state index contributed by atoms with van der Waals surface area (Å²) in [5.41, 5.74) is 12.0. The van der Waals surface area contributed by atoms with E-state index in [0.29, 0.717) is 11.8 Å². The van der Waals surface area contributed by atoms with Gasteiger partial charge in [0.25, 0.3) is 0 Å². The highest BCUT2D eigenvalue weighted by Gasteiger charge is 2.31. The SMILES string of the molecule is CCc1ccc(-n2nc(C)cc2C)c(O)c1.Cc1cc(C)n(-c2ccc(C(F)(F)F)cc2O)n1.Cc1cc(C)n(-c2cccc(C)c2O)n1.Cc1ccc(O)c(-n2nc(C)cc2C)c1. The fourth-order valence-corrected chi connectivity index (χ4v) is 6.96. The highest BCUT2D eigenvalue weighted by Crippen LogP contribution is 2.34. The first-order valence-electron chi connectivity index (χ1n) is 20.5.